The summed E-state index contributed by atoms with van der Waals surface area (Å²) in [5.74, 6) is -2.50. The van der Waals surface area contributed by atoms with Gasteiger partial charge in [0.15, 0.2) is 6.10 Å². The number of phosphoric ester groups is 1. The van der Waals surface area contributed by atoms with Crippen LogP contribution in [0.4, 0.5) is 0 Å². The van der Waals surface area contributed by atoms with E-state index in [1.165, 1.54) is 44.9 Å². The van der Waals surface area contributed by atoms with Gasteiger partial charge in [-0.2, -0.15) is 0 Å². The highest BCUT2D eigenvalue weighted by Gasteiger charge is 2.28. The molecule has 0 aromatic heterocycles. The number of rotatable bonds is 36. The van der Waals surface area contributed by atoms with Gasteiger partial charge in [-0.25, -0.2) is 4.57 Å². The van der Waals surface area contributed by atoms with Crippen LogP contribution in [-0.2, 0) is 37.5 Å². The molecule has 0 saturated heterocycles. The lowest BCUT2D eigenvalue weighted by molar-refractivity contribution is -0.161. The minimum atomic E-state index is -4.73. The van der Waals surface area contributed by atoms with E-state index in [1.807, 2.05) is 18.2 Å². The summed E-state index contributed by atoms with van der Waals surface area (Å²) in [5.41, 5.74) is 5.31. The van der Waals surface area contributed by atoms with Crippen LogP contribution < -0.4 is 5.73 Å². The molecule has 3 unspecified atom stereocenters. The topological polar surface area (TPSA) is 172 Å². The molecule has 53 heavy (non-hydrogen) atoms. The zero-order chi connectivity index (χ0) is 39.3. The average molecular weight is 768 g/mol. The summed E-state index contributed by atoms with van der Waals surface area (Å²) >= 11 is 0. The van der Waals surface area contributed by atoms with Gasteiger partial charge in [-0.05, 0) is 64.2 Å². The van der Waals surface area contributed by atoms with Gasteiger partial charge in [-0.3, -0.25) is 23.4 Å². The van der Waals surface area contributed by atoms with Crippen molar-refractivity contribution in [3.05, 3.63) is 60.8 Å². The fourth-order valence-corrected chi connectivity index (χ4v) is 5.67. The molecule has 304 valence electrons. The van der Waals surface area contributed by atoms with E-state index in [0.29, 0.717) is 12.8 Å². The van der Waals surface area contributed by atoms with E-state index in [9.17, 15) is 23.8 Å². The number of unbranched alkanes of at least 4 members (excludes halogenated alkanes) is 12. The lowest BCUT2D eigenvalue weighted by atomic mass is 10.1. The number of carboxylic acid groups (broad SMARTS) is 1. The largest absolute Gasteiger partial charge is 0.480 e. The molecule has 0 rings (SSSR count). The third-order valence-corrected chi connectivity index (χ3v) is 8.96. The Bertz CT molecular complexity index is 1130. The number of carboxylic acids is 1. The molecule has 0 aliphatic carbocycles. The third kappa shape index (κ3) is 36.0. The van der Waals surface area contributed by atoms with E-state index in [2.05, 4.69) is 60.9 Å². The number of hydrogen-bond acceptors (Lipinski definition) is 9. The van der Waals surface area contributed by atoms with E-state index >= 15 is 0 Å². The number of carbonyl (C=O) groups is 3. The Morgan fingerprint density at radius 1 is 0.604 bits per heavy atom. The first-order valence-electron chi connectivity index (χ1n) is 19.8. The highest BCUT2D eigenvalue weighted by molar-refractivity contribution is 7.47. The molecule has 0 spiro atoms. The fraction of sp³-hybridized carbons (Fsp3) is 0.683. The van der Waals surface area contributed by atoms with Crippen LogP contribution in [0.25, 0.3) is 0 Å². The van der Waals surface area contributed by atoms with E-state index in [4.69, 9.17) is 24.8 Å². The molecular formula is C41H70NO10P. The lowest BCUT2D eigenvalue weighted by Gasteiger charge is -2.20. The Balaban J connectivity index is 4.52. The summed E-state index contributed by atoms with van der Waals surface area (Å²) in [5, 5.41) is 8.86. The highest BCUT2D eigenvalue weighted by Crippen LogP contribution is 2.43. The van der Waals surface area contributed by atoms with Gasteiger partial charge in [0.2, 0.25) is 0 Å². The van der Waals surface area contributed by atoms with Crippen LogP contribution in [0.5, 0.6) is 0 Å². The molecule has 0 aliphatic rings. The smallest absolute Gasteiger partial charge is 0.472 e. The van der Waals surface area contributed by atoms with Crippen LogP contribution in [0.3, 0.4) is 0 Å². The highest BCUT2D eigenvalue weighted by atomic mass is 31.2. The molecular weight excluding hydrogens is 697 g/mol. The van der Waals surface area contributed by atoms with Crippen molar-refractivity contribution in [2.75, 3.05) is 19.8 Å². The summed E-state index contributed by atoms with van der Waals surface area (Å²) < 4.78 is 32.5. The molecule has 0 aromatic rings. The van der Waals surface area contributed by atoms with Gasteiger partial charge < -0.3 is 25.2 Å². The first-order chi connectivity index (χ1) is 25.6. The maximum Gasteiger partial charge on any atom is 0.472 e. The maximum atomic E-state index is 12.5. The van der Waals surface area contributed by atoms with Crippen molar-refractivity contribution < 1.29 is 47.5 Å². The molecule has 0 aromatic carbocycles. The van der Waals surface area contributed by atoms with Crippen molar-refractivity contribution in [1.82, 2.24) is 0 Å². The van der Waals surface area contributed by atoms with Crippen LogP contribution in [-0.4, -0.2) is 59.9 Å². The molecule has 3 atom stereocenters. The number of phosphoric acid groups is 1. The van der Waals surface area contributed by atoms with Crippen LogP contribution in [0.2, 0.25) is 0 Å². The standard InChI is InChI=1S/C41H70NO10P/c1-3-5-7-9-11-13-15-17-18-19-21-22-24-26-28-30-32-39(43)49-34-37(35-50-53(47,48)51-36-38(42)41(45)46)52-40(44)33-31-29-27-25-23-20-16-14-12-10-8-6-4-2/h6,8,12,14,18-20,23,27,29,37-38H,3-5,7,9-11,13,15-17,21-22,24-26,28,30-36,42H2,1-2H3,(H,45,46)(H,47,48)/b8-6-,14-12-,19-18-,23-20-,29-27-. The summed E-state index contributed by atoms with van der Waals surface area (Å²) in [6.45, 7) is 2.58. The lowest BCUT2D eigenvalue weighted by Crippen LogP contribution is -2.34. The number of aliphatic carboxylic acids is 1. The zero-order valence-electron chi connectivity index (χ0n) is 32.6. The molecule has 4 N–H and O–H groups in total. The van der Waals surface area contributed by atoms with Crippen LogP contribution in [0.1, 0.15) is 149 Å². The molecule has 0 heterocycles. The number of ether oxygens (including phenoxy) is 2. The second-order valence-corrected chi connectivity index (χ2v) is 14.5. The fourth-order valence-electron chi connectivity index (χ4n) is 4.90. The quantitative estimate of drug-likeness (QED) is 0.0240. The summed E-state index contributed by atoms with van der Waals surface area (Å²) in [6.07, 6.45) is 40.3. The van der Waals surface area contributed by atoms with E-state index in [1.54, 1.807) is 0 Å². The van der Waals surface area contributed by atoms with Crippen molar-refractivity contribution in [3.8, 4) is 0 Å². The van der Waals surface area contributed by atoms with Gasteiger partial charge in [0.1, 0.15) is 12.6 Å². The number of carbonyl (C=O) groups excluding carboxylic acids is 2. The summed E-state index contributed by atoms with van der Waals surface area (Å²) in [4.78, 5) is 45.7. The minimum absolute atomic E-state index is 0.0361. The Kier molecular flexibility index (Phi) is 34.2. The van der Waals surface area contributed by atoms with Gasteiger partial charge in [0.05, 0.1) is 13.2 Å². The molecule has 0 aliphatic heterocycles. The monoisotopic (exact) mass is 767 g/mol. The zero-order valence-corrected chi connectivity index (χ0v) is 33.5. The predicted octanol–water partition coefficient (Wildman–Crippen LogP) is 10.00. The van der Waals surface area contributed by atoms with Crippen molar-refractivity contribution >= 4 is 25.7 Å². The maximum absolute atomic E-state index is 12.5. The molecule has 0 fully saturated rings. The van der Waals surface area contributed by atoms with Gasteiger partial charge in [0, 0.05) is 12.8 Å². The first kappa shape index (κ1) is 50.2. The van der Waals surface area contributed by atoms with Crippen molar-refractivity contribution in [3.63, 3.8) is 0 Å². The van der Waals surface area contributed by atoms with Crippen molar-refractivity contribution in [2.45, 2.75) is 161 Å². The van der Waals surface area contributed by atoms with Gasteiger partial charge in [-0.1, -0.05) is 132 Å². The van der Waals surface area contributed by atoms with Gasteiger partial charge >= 0.3 is 25.7 Å². The van der Waals surface area contributed by atoms with Gasteiger partial charge in [-0.15, -0.1) is 0 Å². The van der Waals surface area contributed by atoms with Crippen molar-refractivity contribution in [2.24, 2.45) is 5.73 Å². The SMILES string of the molecule is CC/C=C\C/C=C\C/C=C\C/C=C\CCC(=O)OC(COC(=O)CCCCCCC/C=C\CCCCCCCCC)COP(=O)(O)OCC(N)C(=O)O. The average Bonchev–Trinajstić information content (AvgIpc) is 3.13. The summed E-state index contributed by atoms with van der Waals surface area (Å²) in [7, 11) is -4.73. The first-order valence-corrected chi connectivity index (χ1v) is 21.3. The Morgan fingerprint density at radius 2 is 1.09 bits per heavy atom. The minimum Gasteiger partial charge on any atom is -0.480 e. The number of esters is 2. The molecule has 0 radical (unpaired) electrons. The van der Waals surface area contributed by atoms with E-state index in [-0.39, 0.29) is 19.4 Å². The predicted molar refractivity (Wildman–Crippen MR) is 212 cm³/mol. The normalized spacial score (nSPS) is 14.5. The summed E-state index contributed by atoms with van der Waals surface area (Å²) in [6, 6.07) is -1.53. The number of nitrogens with two attached hydrogens (primary N) is 1. The molecule has 12 heteroatoms. The number of allylic oxidation sites excluding steroid dienone is 10. The van der Waals surface area contributed by atoms with E-state index < -0.39 is 51.1 Å². The van der Waals surface area contributed by atoms with Crippen molar-refractivity contribution in [1.29, 1.82) is 0 Å². The molecule has 0 saturated carbocycles. The molecule has 11 nitrogen and oxygen atoms in total. The molecule has 0 bridgehead atoms. The third-order valence-electron chi connectivity index (χ3n) is 8.01. The van der Waals surface area contributed by atoms with E-state index in [0.717, 1.165) is 64.2 Å². The van der Waals surface area contributed by atoms with Crippen LogP contribution in [0, 0.1) is 0 Å². The second-order valence-electron chi connectivity index (χ2n) is 13.0. The number of hydrogen-bond donors (Lipinski definition) is 3. The molecule has 0 amide bonds. The van der Waals surface area contributed by atoms with Gasteiger partial charge in [0.25, 0.3) is 0 Å². The second kappa shape index (κ2) is 36.2. The Hall–Kier alpha value is -2.82. The Morgan fingerprint density at radius 3 is 1.66 bits per heavy atom. The Labute approximate surface area is 319 Å². The van der Waals surface area contributed by atoms with Crippen LogP contribution in [0.15, 0.2) is 60.8 Å². The van der Waals surface area contributed by atoms with Crippen LogP contribution >= 0.6 is 7.82 Å².